The molecule has 0 saturated carbocycles. The first kappa shape index (κ1) is 14.7. The number of carbonyl (C=O) groups is 1. The summed E-state index contributed by atoms with van der Waals surface area (Å²) in [5, 5.41) is 0.720. The maximum absolute atomic E-state index is 11.4. The van der Waals surface area contributed by atoms with Crippen LogP contribution in [0.2, 0.25) is 5.02 Å². The van der Waals surface area contributed by atoms with Gasteiger partial charge in [0.1, 0.15) is 0 Å². The maximum Gasteiger partial charge on any atom is 0.334 e. The van der Waals surface area contributed by atoms with Crippen LogP contribution in [0.3, 0.4) is 0 Å². The molecule has 0 atom stereocenters. The SMILES string of the molecule is C=C(CN(C)Cc1ccc(Cl)cc1)C(=O)OCC. The van der Waals surface area contributed by atoms with E-state index in [1.807, 2.05) is 36.2 Å². The lowest BCUT2D eigenvalue weighted by Crippen LogP contribution is -2.24. The lowest BCUT2D eigenvalue weighted by molar-refractivity contribution is -0.138. The number of hydrogen-bond acceptors (Lipinski definition) is 3. The van der Waals surface area contributed by atoms with Crippen molar-refractivity contribution in [2.45, 2.75) is 13.5 Å². The average molecular weight is 268 g/mol. The monoisotopic (exact) mass is 267 g/mol. The predicted molar refractivity (Wildman–Crippen MR) is 73.6 cm³/mol. The zero-order chi connectivity index (χ0) is 13.5. The summed E-state index contributed by atoms with van der Waals surface area (Å²) in [4.78, 5) is 13.4. The first-order chi connectivity index (χ1) is 8.52. The van der Waals surface area contributed by atoms with Gasteiger partial charge < -0.3 is 4.74 Å². The third kappa shape index (κ3) is 4.90. The first-order valence-corrected chi connectivity index (χ1v) is 6.18. The lowest BCUT2D eigenvalue weighted by Gasteiger charge is -2.17. The number of benzene rings is 1. The number of halogens is 1. The molecule has 0 fully saturated rings. The van der Waals surface area contributed by atoms with Crippen molar-refractivity contribution >= 4 is 17.6 Å². The van der Waals surface area contributed by atoms with Gasteiger partial charge in [0.15, 0.2) is 0 Å². The van der Waals surface area contributed by atoms with Gasteiger partial charge in [-0.25, -0.2) is 4.79 Å². The second-order valence-corrected chi connectivity index (χ2v) is 4.56. The molecule has 0 aliphatic carbocycles. The summed E-state index contributed by atoms with van der Waals surface area (Å²) in [6.07, 6.45) is 0. The van der Waals surface area contributed by atoms with Crippen LogP contribution in [-0.2, 0) is 16.1 Å². The average Bonchev–Trinajstić information content (AvgIpc) is 2.32. The Morgan fingerprint density at radius 2 is 2.00 bits per heavy atom. The highest BCUT2D eigenvalue weighted by Gasteiger charge is 2.10. The molecule has 1 rings (SSSR count). The van der Waals surface area contributed by atoms with Gasteiger partial charge in [-0.3, -0.25) is 4.90 Å². The highest BCUT2D eigenvalue weighted by atomic mass is 35.5. The van der Waals surface area contributed by atoms with Gasteiger partial charge in [0.05, 0.1) is 6.61 Å². The molecule has 0 radical (unpaired) electrons. The molecule has 0 bridgehead atoms. The predicted octanol–water partition coefficient (Wildman–Crippen LogP) is 2.89. The number of ether oxygens (including phenoxy) is 1. The highest BCUT2D eigenvalue weighted by Crippen LogP contribution is 2.11. The molecule has 1 aromatic carbocycles. The lowest BCUT2D eigenvalue weighted by atomic mass is 10.2. The number of likely N-dealkylation sites (N-methyl/N-ethyl adjacent to an activating group) is 1. The normalized spacial score (nSPS) is 10.4. The van der Waals surface area contributed by atoms with Crippen LogP contribution in [0.5, 0.6) is 0 Å². The molecule has 3 nitrogen and oxygen atoms in total. The zero-order valence-corrected chi connectivity index (χ0v) is 11.5. The van der Waals surface area contributed by atoms with Crippen molar-refractivity contribution in [3.05, 3.63) is 47.0 Å². The van der Waals surface area contributed by atoms with E-state index in [0.717, 1.165) is 17.1 Å². The number of hydrogen-bond donors (Lipinski definition) is 0. The molecule has 0 saturated heterocycles. The van der Waals surface area contributed by atoms with Crippen molar-refractivity contribution in [3.63, 3.8) is 0 Å². The molecular formula is C14H18ClNO2. The molecule has 0 aliphatic heterocycles. The topological polar surface area (TPSA) is 29.5 Å². The molecule has 0 amide bonds. The molecule has 98 valence electrons. The Morgan fingerprint density at radius 1 is 1.39 bits per heavy atom. The first-order valence-electron chi connectivity index (χ1n) is 5.80. The maximum atomic E-state index is 11.4. The van der Waals surface area contributed by atoms with Crippen molar-refractivity contribution in [2.75, 3.05) is 20.2 Å². The van der Waals surface area contributed by atoms with E-state index < -0.39 is 0 Å². The smallest absolute Gasteiger partial charge is 0.334 e. The summed E-state index contributed by atoms with van der Waals surface area (Å²) in [5.41, 5.74) is 1.60. The zero-order valence-electron chi connectivity index (χ0n) is 10.8. The van der Waals surface area contributed by atoms with E-state index >= 15 is 0 Å². The van der Waals surface area contributed by atoms with Crippen LogP contribution >= 0.6 is 11.6 Å². The summed E-state index contributed by atoms with van der Waals surface area (Å²) >= 11 is 5.82. The standard InChI is InChI=1S/C14H18ClNO2/c1-4-18-14(17)11(2)9-16(3)10-12-5-7-13(15)8-6-12/h5-8H,2,4,9-10H2,1,3H3. The highest BCUT2D eigenvalue weighted by molar-refractivity contribution is 6.30. The summed E-state index contributed by atoms with van der Waals surface area (Å²) in [6.45, 7) is 7.11. The Kier molecular flexibility index (Phi) is 5.89. The largest absolute Gasteiger partial charge is 0.463 e. The molecule has 0 aliphatic rings. The van der Waals surface area contributed by atoms with E-state index in [1.54, 1.807) is 6.92 Å². The number of esters is 1. The molecule has 18 heavy (non-hydrogen) atoms. The Balaban J connectivity index is 2.46. The van der Waals surface area contributed by atoms with E-state index in [0.29, 0.717) is 18.7 Å². The fraction of sp³-hybridized carbons (Fsp3) is 0.357. The summed E-state index contributed by atoms with van der Waals surface area (Å²) in [7, 11) is 1.93. The number of rotatable bonds is 6. The van der Waals surface area contributed by atoms with E-state index in [2.05, 4.69) is 6.58 Å². The quantitative estimate of drug-likeness (QED) is 0.586. The van der Waals surface area contributed by atoms with Gasteiger partial charge in [-0.2, -0.15) is 0 Å². The molecular weight excluding hydrogens is 250 g/mol. The molecule has 1 aromatic rings. The fourth-order valence-electron chi connectivity index (χ4n) is 1.58. The third-order valence-electron chi connectivity index (χ3n) is 2.39. The summed E-state index contributed by atoms with van der Waals surface area (Å²) in [6, 6.07) is 7.63. The van der Waals surface area contributed by atoms with Crippen LogP contribution in [0.25, 0.3) is 0 Å². The van der Waals surface area contributed by atoms with Gasteiger partial charge in [-0.05, 0) is 31.7 Å². The van der Waals surface area contributed by atoms with Crippen LogP contribution in [0, 0.1) is 0 Å². The van der Waals surface area contributed by atoms with Crippen LogP contribution in [-0.4, -0.2) is 31.1 Å². The summed E-state index contributed by atoms with van der Waals surface area (Å²) in [5.74, 6) is -0.333. The van der Waals surface area contributed by atoms with Gasteiger partial charge in [-0.1, -0.05) is 30.3 Å². The minimum Gasteiger partial charge on any atom is -0.463 e. The van der Waals surface area contributed by atoms with Crippen LogP contribution in [0.1, 0.15) is 12.5 Å². The van der Waals surface area contributed by atoms with E-state index in [-0.39, 0.29) is 5.97 Å². The second-order valence-electron chi connectivity index (χ2n) is 4.12. The van der Waals surface area contributed by atoms with Crippen molar-refractivity contribution < 1.29 is 9.53 Å². The van der Waals surface area contributed by atoms with Crippen LogP contribution in [0.15, 0.2) is 36.4 Å². The Hall–Kier alpha value is -1.32. The molecule has 0 aromatic heterocycles. The van der Waals surface area contributed by atoms with Crippen molar-refractivity contribution in [1.82, 2.24) is 4.90 Å². The van der Waals surface area contributed by atoms with Gasteiger partial charge >= 0.3 is 5.97 Å². The van der Waals surface area contributed by atoms with Crippen molar-refractivity contribution in [3.8, 4) is 0 Å². The number of carbonyl (C=O) groups excluding carboxylic acids is 1. The van der Waals surface area contributed by atoms with Gasteiger partial charge in [-0.15, -0.1) is 0 Å². The van der Waals surface area contributed by atoms with E-state index in [9.17, 15) is 4.79 Å². The second kappa shape index (κ2) is 7.19. The van der Waals surface area contributed by atoms with Gasteiger partial charge in [0.25, 0.3) is 0 Å². The molecule has 0 spiro atoms. The van der Waals surface area contributed by atoms with E-state index in [4.69, 9.17) is 16.3 Å². The van der Waals surface area contributed by atoms with E-state index in [1.165, 1.54) is 0 Å². The Morgan fingerprint density at radius 3 is 2.56 bits per heavy atom. The van der Waals surface area contributed by atoms with Gasteiger partial charge in [0, 0.05) is 23.7 Å². The molecule has 0 heterocycles. The fourth-order valence-corrected chi connectivity index (χ4v) is 1.71. The van der Waals surface area contributed by atoms with Crippen LogP contribution < -0.4 is 0 Å². The third-order valence-corrected chi connectivity index (χ3v) is 2.64. The molecule has 0 unspecified atom stereocenters. The minimum absolute atomic E-state index is 0.333. The molecule has 4 heteroatoms. The van der Waals surface area contributed by atoms with Crippen molar-refractivity contribution in [1.29, 1.82) is 0 Å². The van der Waals surface area contributed by atoms with Crippen LogP contribution in [0.4, 0.5) is 0 Å². The van der Waals surface area contributed by atoms with Gasteiger partial charge in [0.2, 0.25) is 0 Å². The Bertz CT molecular complexity index is 414. The summed E-state index contributed by atoms with van der Waals surface area (Å²) < 4.78 is 4.89. The number of nitrogens with zero attached hydrogens (tertiary/aromatic N) is 1. The van der Waals surface area contributed by atoms with Crippen molar-refractivity contribution in [2.24, 2.45) is 0 Å². The molecule has 0 N–H and O–H groups in total. The Labute approximate surface area is 113 Å². The minimum atomic E-state index is -0.333.